The first-order valence-corrected chi connectivity index (χ1v) is 7.44. The summed E-state index contributed by atoms with van der Waals surface area (Å²) < 4.78 is 6.91. The van der Waals surface area contributed by atoms with Crippen LogP contribution in [0.15, 0.2) is 40.4 Å². The Morgan fingerprint density at radius 3 is 2.57 bits per heavy atom. The zero-order chi connectivity index (χ0) is 17.0. The van der Waals surface area contributed by atoms with Gasteiger partial charge in [0.2, 0.25) is 0 Å². The minimum atomic E-state index is -0.379. The summed E-state index contributed by atoms with van der Waals surface area (Å²) in [4.78, 5) is 11.6. The van der Waals surface area contributed by atoms with Crippen LogP contribution in [-0.2, 0) is 7.05 Å². The van der Waals surface area contributed by atoms with Crippen LogP contribution in [-0.4, -0.2) is 21.6 Å². The molecule has 23 heavy (non-hydrogen) atoms. The van der Waals surface area contributed by atoms with Crippen LogP contribution in [0.1, 0.15) is 26.3 Å². The van der Waals surface area contributed by atoms with Crippen LogP contribution in [0.4, 0.5) is 5.69 Å². The highest BCUT2D eigenvalue weighted by Gasteiger charge is 2.11. The van der Waals surface area contributed by atoms with Crippen molar-refractivity contribution in [3.8, 4) is 5.75 Å². The van der Waals surface area contributed by atoms with Crippen molar-refractivity contribution in [1.82, 2.24) is 9.78 Å². The number of ether oxygens (including phenoxy) is 1. The summed E-state index contributed by atoms with van der Waals surface area (Å²) in [7, 11) is 1.53. The average Bonchev–Trinajstić information content (AvgIpc) is 2.47. The summed E-state index contributed by atoms with van der Waals surface area (Å²) in [6.45, 7) is 5.98. The minimum Gasteiger partial charge on any atom is -0.488 e. The van der Waals surface area contributed by atoms with E-state index in [9.17, 15) is 4.79 Å². The Balaban J connectivity index is 2.04. The van der Waals surface area contributed by atoms with Crippen LogP contribution < -0.4 is 15.7 Å². The van der Waals surface area contributed by atoms with Gasteiger partial charge >= 0.3 is 0 Å². The van der Waals surface area contributed by atoms with Crippen molar-refractivity contribution < 1.29 is 4.74 Å². The molecule has 2 rings (SSSR count). The van der Waals surface area contributed by atoms with Crippen LogP contribution in [0.2, 0.25) is 5.02 Å². The third-order valence-corrected chi connectivity index (χ3v) is 3.15. The SMILES string of the molecule is Cn1ncc(N/N=C\c2ccc(OC(C)(C)C)cc2)c(Cl)c1=O. The molecule has 1 heterocycles. The maximum atomic E-state index is 11.6. The van der Waals surface area contributed by atoms with Crippen molar-refractivity contribution in [1.29, 1.82) is 0 Å². The molecule has 122 valence electrons. The van der Waals surface area contributed by atoms with Gasteiger partial charge in [0.1, 0.15) is 22.1 Å². The molecule has 2 aromatic rings. The fraction of sp³-hybridized carbons (Fsp3) is 0.312. The van der Waals surface area contributed by atoms with E-state index in [0.29, 0.717) is 5.69 Å². The maximum Gasteiger partial charge on any atom is 0.287 e. The summed E-state index contributed by atoms with van der Waals surface area (Å²) >= 11 is 5.94. The van der Waals surface area contributed by atoms with E-state index in [1.54, 1.807) is 6.21 Å². The molecule has 0 aliphatic rings. The van der Waals surface area contributed by atoms with Gasteiger partial charge < -0.3 is 4.74 Å². The van der Waals surface area contributed by atoms with Gasteiger partial charge in [0.25, 0.3) is 5.56 Å². The normalized spacial score (nSPS) is 11.7. The van der Waals surface area contributed by atoms with Gasteiger partial charge in [-0.1, -0.05) is 11.6 Å². The van der Waals surface area contributed by atoms with E-state index in [4.69, 9.17) is 16.3 Å². The molecule has 6 nitrogen and oxygen atoms in total. The predicted octanol–water partition coefficient (Wildman–Crippen LogP) is 3.06. The number of aryl methyl sites for hydroxylation is 1. The van der Waals surface area contributed by atoms with Gasteiger partial charge in [0.15, 0.2) is 0 Å². The summed E-state index contributed by atoms with van der Waals surface area (Å²) in [6, 6.07) is 7.52. The quantitative estimate of drug-likeness (QED) is 0.689. The van der Waals surface area contributed by atoms with Crippen molar-refractivity contribution >= 4 is 23.5 Å². The molecule has 0 fully saturated rings. The van der Waals surface area contributed by atoms with Gasteiger partial charge in [-0.3, -0.25) is 10.2 Å². The zero-order valence-electron chi connectivity index (χ0n) is 13.5. The van der Waals surface area contributed by atoms with Crippen LogP contribution in [0.3, 0.4) is 0 Å². The predicted molar refractivity (Wildman–Crippen MR) is 92.5 cm³/mol. The first-order valence-electron chi connectivity index (χ1n) is 7.06. The smallest absolute Gasteiger partial charge is 0.287 e. The molecule has 0 atom stereocenters. The fourth-order valence-corrected chi connectivity index (χ4v) is 1.95. The van der Waals surface area contributed by atoms with E-state index in [2.05, 4.69) is 15.6 Å². The standard InChI is InChI=1S/C16H19ClN4O2/c1-16(2,3)23-12-7-5-11(6-8-12)9-18-20-13-10-19-21(4)15(22)14(13)17/h5-10,20H,1-4H3/b18-9-. The molecule has 1 aromatic carbocycles. The van der Waals surface area contributed by atoms with Gasteiger partial charge in [0.05, 0.1) is 12.4 Å². The van der Waals surface area contributed by atoms with E-state index in [0.717, 1.165) is 16.0 Å². The summed E-state index contributed by atoms with van der Waals surface area (Å²) in [5.41, 5.74) is 3.34. The number of hydrogen-bond acceptors (Lipinski definition) is 5. The lowest BCUT2D eigenvalue weighted by molar-refractivity contribution is 0.131. The molecule has 0 bridgehead atoms. The summed E-state index contributed by atoms with van der Waals surface area (Å²) in [5.74, 6) is 0.793. The second-order valence-corrected chi connectivity index (χ2v) is 6.33. The molecule has 0 amide bonds. The molecule has 0 unspecified atom stereocenters. The lowest BCUT2D eigenvalue weighted by Gasteiger charge is -2.21. The molecule has 1 N–H and O–H groups in total. The van der Waals surface area contributed by atoms with Gasteiger partial charge in [-0.05, 0) is 50.6 Å². The molecule has 7 heteroatoms. The summed E-state index contributed by atoms with van der Waals surface area (Å²) in [5, 5.41) is 7.99. The molecular formula is C16H19ClN4O2. The van der Waals surface area contributed by atoms with Gasteiger partial charge in [-0.25, -0.2) is 4.68 Å². The number of hydrogen-bond donors (Lipinski definition) is 1. The van der Waals surface area contributed by atoms with Crippen molar-refractivity contribution in [2.45, 2.75) is 26.4 Å². The highest BCUT2D eigenvalue weighted by Crippen LogP contribution is 2.18. The van der Waals surface area contributed by atoms with Crippen molar-refractivity contribution in [3.63, 3.8) is 0 Å². The van der Waals surface area contributed by atoms with Crippen LogP contribution in [0, 0.1) is 0 Å². The molecular weight excluding hydrogens is 316 g/mol. The molecule has 0 spiro atoms. The number of rotatable bonds is 4. The van der Waals surface area contributed by atoms with Crippen molar-refractivity contribution in [2.75, 3.05) is 5.43 Å². The van der Waals surface area contributed by atoms with Crippen LogP contribution in [0.25, 0.3) is 0 Å². The Labute approximate surface area is 139 Å². The Hall–Kier alpha value is -2.34. The summed E-state index contributed by atoms with van der Waals surface area (Å²) in [6.07, 6.45) is 3.07. The van der Waals surface area contributed by atoms with E-state index in [1.165, 1.54) is 13.2 Å². The topological polar surface area (TPSA) is 68.5 Å². The molecule has 0 saturated carbocycles. The number of nitrogens with one attached hydrogen (secondary N) is 1. The van der Waals surface area contributed by atoms with Crippen LogP contribution >= 0.6 is 11.6 Å². The molecule has 0 aliphatic heterocycles. The number of nitrogens with zero attached hydrogens (tertiary/aromatic N) is 3. The third kappa shape index (κ3) is 4.82. The fourth-order valence-electron chi connectivity index (χ4n) is 1.74. The van der Waals surface area contributed by atoms with E-state index in [1.807, 2.05) is 45.0 Å². The number of halogens is 1. The van der Waals surface area contributed by atoms with E-state index >= 15 is 0 Å². The molecule has 1 aromatic heterocycles. The Morgan fingerprint density at radius 1 is 1.30 bits per heavy atom. The van der Waals surface area contributed by atoms with Crippen molar-refractivity contribution in [2.24, 2.45) is 12.1 Å². The van der Waals surface area contributed by atoms with Gasteiger partial charge in [-0.2, -0.15) is 10.2 Å². The molecule has 0 aliphatic carbocycles. The number of aromatic nitrogens is 2. The maximum absolute atomic E-state index is 11.6. The second-order valence-electron chi connectivity index (χ2n) is 5.95. The highest BCUT2D eigenvalue weighted by atomic mass is 35.5. The first-order chi connectivity index (χ1) is 10.8. The Bertz CT molecular complexity index is 761. The molecule has 0 saturated heterocycles. The number of hydrazone groups is 1. The largest absolute Gasteiger partial charge is 0.488 e. The zero-order valence-corrected chi connectivity index (χ0v) is 14.3. The third-order valence-electron chi connectivity index (χ3n) is 2.78. The Morgan fingerprint density at radius 2 is 1.96 bits per heavy atom. The first kappa shape index (κ1) is 17.0. The van der Waals surface area contributed by atoms with E-state index in [-0.39, 0.29) is 16.2 Å². The van der Waals surface area contributed by atoms with Crippen LogP contribution in [0.5, 0.6) is 5.75 Å². The molecule has 0 radical (unpaired) electrons. The number of benzene rings is 1. The Kier molecular flexibility index (Phi) is 5.05. The van der Waals surface area contributed by atoms with E-state index < -0.39 is 0 Å². The monoisotopic (exact) mass is 334 g/mol. The van der Waals surface area contributed by atoms with Gasteiger partial charge in [0, 0.05) is 7.05 Å². The lowest BCUT2D eigenvalue weighted by Crippen LogP contribution is -2.22. The minimum absolute atomic E-state index is 0.0496. The highest BCUT2D eigenvalue weighted by molar-refractivity contribution is 6.32. The van der Waals surface area contributed by atoms with Crippen molar-refractivity contribution in [3.05, 3.63) is 51.4 Å². The lowest BCUT2D eigenvalue weighted by atomic mass is 10.2. The second kappa shape index (κ2) is 6.83. The average molecular weight is 335 g/mol. The number of anilines is 1. The van der Waals surface area contributed by atoms with Gasteiger partial charge in [-0.15, -0.1) is 0 Å².